The molecule has 0 unspecified atom stereocenters. The molecule has 5 N–H and O–H groups in total. The Hall–Kier alpha value is -2.15. The normalized spacial score (nSPS) is 10.8. The number of nitrogens with zero attached hydrogens (tertiary/aromatic N) is 2. The van der Waals surface area contributed by atoms with Crippen LogP contribution in [0.25, 0.3) is 0 Å². The summed E-state index contributed by atoms with van der Waals surface area (Å²) in [7, 11) is 0. The molecule has 0 radical (unpaired) electrons. The second-order valence-electron chi connectivity index (χ2n) is 4.90. The maximum Gasteiger partial charge on any atom is 0.259 e. The molecule has 2 rings (SSSR count). The first-order valence-electron chi connectivity index (χ1n) is 6.24. The van der Waals surface area contributed by atoms with E-state index in [1.54, 1.807) is 18.2 Å². The zero-order valence-electron chi connectivity index (χ0n) is 11.4. The van der Waals surface area contributed by atoms with E-state index in [-0.39, 0.29) is 5.91 Å². The van der Waals surface area contributed by atoms with Crippen molar-refractivity contribution >= 4 is 33.8 Å². The number of nitrogens with two attached hydrogens (primary N) is 2. The number of carbonyl (C=O) groups is 1. The van der Waals surface area contributed by atoms with Crippen LogP contribution < -0.4 is 16.8 Å². The molecule has 2 aromatic rings. The molecule has 0 bridgehead atoms. The lowest BCUT2D eigenvalue weighted by atomic mass is 10.1. The summed E-state index contributed by atoms with van der Waals surface area (Å²) in [6.07, 6.45) is 0.845. The molecular weight excluding hydrogens is 274 g/mol. The predicted molar refractivity (Wildman–Crippen MR) is 81.7 cm³/mol. The minimum atomic E-state index is -0.310. The van der Waals surface area contributed by atoms with Crippen molar-refractivity contribution in [2.75, 3.05) is 16.8 Å². The van der Waals surface area contributed by atoms with Crippen LogP contribution in [-0.4, -0.2) is 16.1 Å². The average Bonchev–Trinajstić information content (AvgIpc) is 2.75. The molecule has 20 heavy (non-hydrogen) atoms. The predicted octanol–water partition coefficient (Wildman–Crippen LogP) is 2.15. The molecule has 0 aliphatic rings. The summed E-state index contributed by atoms with van der Waals surface area (Å²) in [5.41, 5.74) is 12.6. The minimum absolute atomic E-state index is 0.310. The van der Waals surface area contributed by atoms with E-state index >= 15 is 0 Å². The number of aromatic nitrogens is 2. The number of hydrogen-bond acceptors (Lipinski definition) is 6. The van der Waals surface area contributed by atoms with Gasteiger partial charge in [-0.15, -0.1) is 10.2 Å². The highest BCUT2D eigenvalue weighted by atomic mass is 32.1. The van der Waals surface area contributed by atoms with Crippen molar-refractivity contribution < 1.29 is 4.79 Å². The van der Waals surface area contributed by atoms with Gasteiger partial charge in [-0.1, -0.05) is 25.2 Å². The summed E-state index contributed by atoms with van der Waals surface area (Å²) in [4.78, 5) is 12.1. The molecule has 0 spiro atoms. The van der Waals surface area contributed by atoms with Crippen molar-refractivity contribution in [3.05, 3.63) is 28.8 Å². The van der Waals surface area contributed by atoms with Crippen molar-refractivity contribution in [1.29, 1.82) is 0 Å². The zero-order valence-corrected chi connectivity index (χ0v) is 12.2. The number of hydrogen-bond donors (Lipinski definition) is 3. The fourth-order valence-corrected chi connectivity index (χ4v) is 2.64. The van der Waals surface area contributed by atoms with E-state index < -0.39 is 0 Å². The molecule has 106 valence electrons. The number of amides is 1. The Balaban J connectivity index is 2.09. The van der Waals surface area contributed by atoms with E-state index in [4.69, 9.17) is 11.5 Å². The number of nitrogen functional groups attached to an aromatic ring is 2. The third-order valence-corrected chi connectivity index (χ3v) is 3.45. The molecule has 6 nitrogen and oxygen atoms in total. The van der Waals surface area contributed by atoms with Gasteiger partial charge in [0.15, 0.2) is 0 Å². The van der Waals surface area contributed by atoms with Crippen molar-refractivity contribution in [1.82, 2.24) is 10.2 Å². The third-order valence-electron chi connectivity index (χ3n) is 2.59. The Morgan fingerprint density at radius 3 is 2.75 bits per heavy atom. The highest BCUT2D eigenvalue weighted by Gasteiger charge is 2.13. The highest BCUT2D eigenvalue weighted by Crippen LogP contribution is 2.21. The second kappa shape index (κ2) is 5.87. The van der Waals surface area contributed by atoms with Gasteiger partial charge in [0.25, 0.3) is 5.91 Å². The number of rotatable bonds is 4. The summed E-state index contributed by atoms with van der Waals surface area (Å²) in [6, 6.07) is 4.78. The van der Waals surface area contributed by atoms with E-state index in [0.717, 1.165) is 11.4 Å². The third kappa shape index (κ3) is 3.45. The van der Waals surface area contributed by atoms with Crippen molar-refractivity contribution in [2.45, 2.75) is 20.3 Å². The van der Waals surface area contributed by atoms with Crippen LogP contribution in [0, 0.1) is 5.92 Å². The van der Waals surface area contributed by atoms with Crippen molar-refractivity contribution in [2.24, 2.45) is 5.92 Å². The zero-order chi connectivity index (χ0) is 14.7. The summed E-state index contributed by atoms with van der Waals surface area (Å²) < 4.78 is 0. The number of anilines is 3. The van der Waals surface area contributed by atoms with E-state index in [2.05, 4.69) is 29.4 Å². The molecule has 1 amide bonds. The average molecular weight is 291 g/mol. The van der Waals surface area contributed by atoms with Crippen molar-refractivity contribution in [3.63, 3.8) is 0 Å². The Kier molecular flexibility index (Phi) is 4.19. The SMILES string of the molecule is CC(C)Cc1nnc(NC(=O)c2ccc(N)cc2N)s1. The first-order valence-corrected chi connectivity index (χ1v) is 7.06. The number of nitrogens with one attached hydrogen (secondary N) is 1. The quantitative estimate of drug-likeness (QED) is 0.748. The molecule has 7 heteroatoms. The summed E-state index contributed by atoms with van der Waals surface area (Å²) >= 11 is 1.37. The van der Waals surface area contributed by atoms with Crippen molar-refractivity contribution in [3.8, 4) is 0 Å². The van der Waals surface area contributed by atoms with Crippen LogP contribution >= 0.6 is 11.3 Å². The second-order valence-corrected chi connectivity index (χ2v) is 5.96. The van der Waals surface area contributed by atoms with E-state index in [0.29, 0.717) is 28.0 Å². The fraction of sp³-hybridized carbons (Fsp3) is 0.308. The maximum atomic E-state index is 12.1. The largest absolute Gasteiger partial charge is 0.399 e. The number of carbonyl (C=O) groups excluding carboxylic acids is 1. The van der Waals surface area contributed by atoms with Crippen LogP contribution in [0.5, 0.6) is 0 Å². The number of benzene rings is 1. The van der Waals surface area contributed by atoms with Gasteiger partial charge in [0.2, 0.25) is 5.13 Å². The van der Waals surface area contributed by atoms with Crippen LogP contribution in [0.2, 0.25) is 0 Å². The summed E-state index contributed by atoms with van der Waals surface area (Å²) in [5, 5.41) is 12.1. The van der Waals surface area contributed by atoms with E-state index in [9.17, 15) is 4.79 Å². The molecule has 0 aliphatic carbocycles. The topological polar surface area (TPSA) is 107 Å². The Labute approximate surface area is 121 Å². The first kappa shape index (κ1) is 14.3. The van der Waals surface area contributed by atoms with Gasteiger partial charge in [0.05, 0.1) is 5.56 Å². The van der Waals surface area contributed by atoms with E-state index in [1.165, 1.54) is 11.3 Å². The first-order chi connectivity index (χ1) is 9.45. The van der Waals surface area contributed by atoms with Crippen LogP contribution in [-0.2, 0) is 6.42 Å². The molecule has 0 fully saturated rings. The minimum Gasteiger partial charge on any atom is -0.399 e. The van der Waals surface area contributed by atoms with Gasteiger partial charge in [-0.05, 0) is 24.1 Å². The smallest absolute Gasteiger partial charge is 0.259 e. The summed E-state index contributed by atoms with van der Waals surface area (Å²) in [5.74, 6) is 0.189. The van der Waals surface area contributed by atoms with Gasteiger partial charge in [0, 0.05) is 17.8 Å². The highest BCUT2D eigenvalue weighted by molar-refractivity contribution is 7.15. The van der Waals surface area contributed by atoms with Crippen LogP contribution in [0.1, 0.15) is 29.2 Å². The molecule has 1 aromatic heterocycles. The molecule has 1 aromatic carbocycles. The van der Waals surface area contributed by atoms with Gasteiger partial charge in [-0.2, -0.15) is 0 Å². The van der Waals surface area contributed by atoms with Gasteiger partial charge >= 0.3 is 0 Å². The van der Waals surface area contributed by atoms with E-state index in [1.807, 2.05) is 0 Å². The maximum absolute atomic E-state index is 12.1. The summed E-state index contributed by atoms with van der Waals surface area (Å²) in [6.45, 7) is 4.21. The standard InChI is InChI=1S/C13H17N5OS/c1-7(2)5-11-17-18-13(20-11)16-12(19)9-4-3-8(14)6-10(9)15/h3-4,6-7H,5,14-15H2,1-2H3,(H,16,18,19). The van der Waals surface area contributed by atoms with Gasteiger partial charge in [-0.3, -0.25) is 10.1 Å². The molecule has 0 atom stereocenters. The molecule has 1 heterocycles. The monoisotopic (exact) mass is 291 g/mol. The molecule has 0 saturated carbocycles. The van der Waals surface area contributed by atoms with Crippen LogP contribution in [0.15, 0.2) is 18.2 Å². The lowest BCUT2D eigenvalue weighted by Crippen LogP contribution is -2.14. The van der Waals surface area contributed by atoms with Gasteiger partial charge in [0.1, 0.15) is 5.01 Å². The molecular formula is C13H17N5OS. The Morgan fingerprint density at radius 1 is 1.35 bits per heavy atom. The lowest BCUT2D eigenvalue weighted by Gasteiger charge is -2.05. The van der Waals surface area contributed by atoms with Crippen LogP contribution in [0.3, 0.4) is 0 Å². The van der Waals surface area contributed by atoms with Gasteiger partial charge in [-0.25, -0.2) is 0 Å². The lowest BCUT2D eigenvalue weighted by molar-refractivity contribution is 0.102. The molecule has 0 aliphatic heterocycles. The van der Waals surface area contributed by atoms with Gasteiger partial charge < -0.3 is 11.5 Å². The Morgan fingerprint density at radius 2 is 2.10 bits per heavy atom. The fourth-order valence-electron chi connectivity index (χ4n) is 1.69. The molecule has 0 saturated heterocycles. The van der Waals surface area contributed by atoms with Crippen LogP contribution in [0.4, 0.5) is 16.5 Å². The Bertz CT molecular complexity index is 623.